The van der Waals surface area contributed by atoms with Crippen LogP contribution in [-0.4, -0.2) is 37.8 Å². The van der Waals surface area contributed by atoms with Crippen molar-refractivity contribution >= 4 is 5.91 Å². The summed E-state index contributed by atoms with van der Waals surface area (Å²) in [5.41, 5.74) is 2.13. The lowest BCUT2D eigenvalue weighted by Gasteiger charge is -2.16. The Labute approximate surface area is 160 Å². The van der Waals surface area contributed by atoms with Gasteiger partial charge in [0, 0.05) is 13.1 Å². The molecule has 0 saturated heterocycles. The Balaban J connectivity index is 1.42. The predicted molar refractivity (Wildman–Crippen MR) is 103 cm³/mol. The van der Waals surface area contributed by atoms with Crippen molar-refractivity contribution in [2.75, 3.05) is 27.0 Å². The first-order chi connectivity index (χ1) is 13.1. The van der Waals surface area contributed by atoms with Crippen LogP contribution < -0.4 is 19.5 Å². The topological polar surface area (TPSA) is 60.0 Å². The van der Waals surface area contributed by atoms with Gasteiger partial charge in [-0.2, -0.15) is 0 Å². The van der Waals surface area contributed by atoms with E-state index in [1.54, 1.807) is 0 Å². The minimum absolute atomic E-state index is 0.00967. The molecule has 1 amide bonds. The van der Waals surface area contributed by atoms with Crippen LogP contribution in [0.4, 0.5) is 0 Å². The van der Waals surface area contributed by atoms with Crippen molar-refractivity contribution in [3.8, 4) is 17.2 Å². The number of fused-ring (bicyclic) bond motifs is 1. The molecular weight excluding hydrogens is 344 g/mol. The van der Waals surface area contributed by atoms with Gasteiger partial charge in [-0.15, -0.1) is 0 Å². The largest absolute Gasteiger partial charge is 0.494 e. The minimum atomic E-state index is -0.00967. The van der Waals surface area contributed by atoms with E-state index in [0.29, 0.717) is 26.2 Å². The monoisotopic (exact) mass is 370 g/mol. The maximum atomic E-state index is 12.2. The van der Waals surface area contributed by atoms with E-state index < -0.39 is 0 Å². The molecule has 0 saturated carbocycles. The highest BCUT2D eigenvalue weighted by Crippen LogP contribution is 2.32. The van der Waals surface area contributed by atoms with Gasteiger partial charge in [-0.25, -0.2) is 0 Å². The molecule has 6 heteroatoms. The van der Waals surface area contributed by atoms with E-state index in [2.05, 4.69) is 12.2 Å². The van der Waals surface area contributed by atoms with E-state index >= 15 is 0 Å². The van der Waals surface area contributed by atoms with Gasteiger partial charge in [0.15, 0.2) is 11.5 Å². The fourth-order valence-corrected chi connectivity index (χ4v) is 2.83. The van der Waals surface area contributed by atoms with Crippen LogP contribution in [0.5, 0.6) is 17.2 Å². The lowest BCUT2D eigenvalue weighted by atomic mass is 10.2. The molecule has 2 aromatic carbocycles. The van der Waals surface area contributed by atoms with Gasteiger partial charge in [0.1, 0.15) is 5.75 Å². The smallest absolute Gasteiger partial charge is 0.234 e. The van der Waals surface area contributed by atoms with Gasteiger partial charge in [-0.05, 0) is 48.9 Å². The number of nitrogens with zero attached hydrogens (tertiary/aromatic N) is 1. The number of ether oxygens (including phenoxy) is 3. The molecule has 0 radical (unpaired) electrons. The summed E-state index contributed by atoms with van der Waals surface area (Å²) in [6, 6.07) is 13.7. The molecule has 0 bridgehead atoms. The summed E-state index contributed by atoms with van der Waals surface area (Å²) in [7, 11) is 1.92. The summed E-state index contributed by atoms with van der Waals surface area (Å²) < 4.78 is 16.3. The van der Waals surface area contributed by atoms with Crippen LogP contribution in [0.2, 0.25) is 0 Å². The summed E-state index contributed by atoms with van der Waals surface area (Å²) in [6.07, 6.45) is 0.984. The number of amides is 1. The van der Waals surface area contributed by atoms with E-state index in [9.17, 15) is 4.79 Å². The molecule has 0 aromatic heterocycles. The molecule has 1 aliphatic heterocycles. The van der Waals surface area contributed by atoms with Crippen LogP contribution in [0.1, 0.15) is 24.5 Å². The molecule has 1 N–H and O–H groups in total. The van der Waals surface area contributed by atoms with E-state index in [4.69, 9.17) is 14.2 Å². The molecule has 2 aromatic rings. The maximum Gasteiger partial charge on any atom is 0.234 e. The zero-order chi connectivity index (χ0) is 19.1. The molecule has 1 heterocycles. The average molecular weight is 370 g/mol. The average Bonchev–Trinajstić information content (AvgIpc) is 3.13. The molecule has 0 aliphatic carbocycles. The van der Waals surface area contributed by atoms with Crippen LogP contribution in [0.3, 0.4) is 0 Å². The fraction of sp³-hybridized carbons (Fsp3) is 0.381. The zero-order valence-corrected chi connectivity index (χ0v) is 15.9. The molecule has 144 valence electrons. The molecule has 0 unspecified atom stereocenters. The molecule has 3 rings (SSSR count). The molecule has 1 aliphatic rings. The standard InChI is InChI=1S/C21H26N2O4/c1-3-10-25-18-7-4-16(5-8-18)12-22-21(24)14-23(2)13-17-6-9-19-20(11-17)27-15-26-19/h4-9,11H,3,10,12-15H2,1-2H3,(H,22,24). The summed E-state index contributed by atoms with van der Waals surface area (Å²) in [6.45, 7) is 4.55. The maximum absolute atomic E-state index is 12.2. The minimum Gasteiger partial charge on any atom is -0.494 e. The SMILES string of the molecule is CCCOc1ccc(CNC(=O)CN(C)Cc2ccc3c(c2)OCO3)cc1. The number of hydrogen-bond acceptors (Lipinski definition) is 5. The van der Waals surface area contributed by atoms with Crippen LogP contribution in [0, 0.1) is 0 Å². The number of carbonyl (C=O) groups is 1. The Bertz CT molecular complexity index is 761. The second-order valence-corrected chi connectivity index (χ2v) is 6.63. The molecular formula is C21H26N2O4. The Morgan fingerprint density at radius 3 is 2.63 bits per heavy atom. The first-order valence-electron chi connectivity index (χ1n) is 9.19. The number of likely N-dealkylation sites (N-methyl/N-ethyl adjacent to an activating group) is 1. The van der Waals surface area contributed by atoms with E-state index in [1.807, 2.05) is 54.4 Å². The van der Waals surface area contributed by atoms with Crippen molar-refractivity contribution in [2.24, 2.45) is 0 Å². The van der Waals surface area contributed by atoms with Gasteiger partial charge in [-0.3, -0.25) is 9.69 Å². The highest BCUT2D eigenvalue weighted by molar-refractivity contribution is 5.78. The zero-order valence-electron chi connectivity index (χ0n) is 15.9. The van der Waals surface area contributed by atoms with Crippen molar-refractivity contribution in [3.63, 3.8) is 0 Å². The summed E-state index contributed by atoms with van der Waals surface area (Å²) in [4.78, 5) is 14.2. The number of rotatable bonds is 9. The van der Waals surface area contributed by atoms with Gasteiger partial charge < -0.3 is 19.5 Å². The Hall–Kier alpha value is -2.73. The van der Waals surface area contributed by atoms with Crippen LogP contribution in [-0.2, 0) is 17.9 Å². The Kier molecular flexibility index (Phi) is 6.54. The number of nitrogens with one attached hydrogen (secondary N) is 1. The van der Waals surface area contributed by atoms with Crippen molar-refractivity contribution in [1.82, 2.24) is 10.2 Å². The van der Waals surface area contributed by atoms with Gasteiger partial charge >= 0.3 is 0 Å². The number of benzene rings is 2. The van der Waals surface area contributed by atoms with Crippen molar-refractivity contribution < 1.29 is 19.0 Å². The third-order valence-corrected chi connectivity index (χ3v) is 4.19. The van der Waals surface area contributed by atoms with Crippen LogP contribution in [0.15, 0.2) is 42.5 Å². The van der Waals surface area contributed by atoms with E-state index in [1.165, 1.54) is 0 Å². The second-order valence-electron chi connectivity index (χ2n) is 6.63. The molecule has 0 atom stereocenters. The quantitative estimate of drug-likeness (QED) is 0.735. The van der Waals surface area contributed by atoms with Gasteiger partial charge in [0.05, 0.1) is 13.2 Å². The van der Waals surface area contributed by atoms with Crippen molar-refractivity contribution in [3.05, 3.63) is 53.6 Å². The van der Waals surface area contributed by atoms with Crippen LogP contribution >= 0.6 is 0 Å². The predicted octanol–water partition coefficient (Wildman–Crippen LogP) is 2.95. The first kappa shape index (κ1) is 19.0. The van der Waals surface area contributed by atoms with Gasteiger partial charge in [0.25, 0.3) is 0 Å². The fourth-order valence-electron chi connectivity index (χ4n) is 2.83. The number of hydrogen-bond donors (Lipinski definition) is 1. The molecule has 0 spiro atoms. The molecule has 0 fully saturated rings. The highest BCUT2D eigenvalue weighted by Gasteiger charge is 2.14. The first-order valence-corrected chi connectivity index (χ1v) is 9.19. The summed E-state index contributed by atoms with van der Waals surface area (Å²) in [5.74, 6) is 2.38. The highest BCUT2D eigenvalue weighted by atomic mass is 16.7. The molecule has 6 nitrogen and oxygen atoms in total. The normalized spacial score (nSPS) is 12.3. The lowest BCUT2D eigenvalue weighted by Crippen LogP contribution is -2.34. The van der Waals surface area contributed by atoms with Crippen molar-refractivity contribution in [1.29, 1.82) is 0 Å². The lowest BCUT2D eigenvalue weighted by molar-refractivity contribution is -0.122. The van der Waals surface area contributed by atoms with Gasteiger partial charge in [0.2, 0.25) is 12.7 Å². The molecule has 27 heavy (non-hydrogen) atoms. The van der Waals surface area contributed by atoms with E-state index in [-0.39, 0.29) is 12.7 Å². The Morgan fingerprint density at radius 2 is 1.85 bits per heavy atom. The summed E-state index contributed by atoms with van der Waals surface area (Å²) >= 11 is 0. The Morgan fingerprint density at radius 1 is 1.11 bits per heavy atom. The van der Waals surface area contributed by atoms with Crippen LogP contribution in [0.25, 0.3) is 0 Å². The van der Waals surface area contributed by atoms with E-state index in [0.717, 1.165) is 34.8 Å². The van der Waals surface area contributed by atoms with Crippen molar-refractivity contribution in [2.45, 2.75) is 26.4 Å². The summed E-state index contributed by atoms with van der Waals surface area (Å²) in [5, 5.41) is 2.95. The third-order valence-electron chi connectivity index (χ3n) is 4.19. The van der Waals surface area contributed by atoms with Gasteiger partial charge in [-0.1, -0.05) is 25.1 Å². The number of carbonyl (C=O) groups excluding carboxylic acids is 1. The second kappa shape index (κ2) is 9.28. The third kappa shape index (κ3) is 5.62.